The number of rotatable bonds is 5. The maximum absolute atomic E-state index is 11.1. The highest BCUT2D eigenvalue weighted by Gasteiger charge is 2.42. The maximum atomic E-state index is 11.1. The number of nitrogens with one attached hydrogen (secondary N) is 1. The van der Waals surface area contributed by atoms with Gasteiger partial charge in [0, 0.05) is 41.6 Å². The number of aryl methyl sites for hydroxylation is 2. The molecule has 2 atom stereocenters. The summed E-state index contributed by atoms with van der Waals surface area (Å²) in [6.07, 6.45) is 3.75. The van der Waals surface area contributed by atoms with Crippen LogP contribution in [0.15, 0.2) is 85.2 Å². The maximum Gasteiger partial charge on any atom is 0.269 e. The number of benzene rings is 2. The van der Waals surface area contributed by atoms with E-state index >= 15 is 0 Å². The van der Waals surface area contributed by atoms with Crippen molar-refractivity contribution >= 4 is 28.7 Å². The predicted molar refractivity (Wildman–Crippen MR) is 136 cm³/mol. The zero-order valence-electron chi connectivity index (χ0n) is 18.8. The number of pyridine rings is 1. The lowest BCUT2D eigenvalue weighted by atomic mass is 10.00. The third-order valence-corrected chi connectivity index (χ3v) is 6.32. The van der Waals surface area contributed by atoms with E-state index < -0.39 is 4.92 Å². The molecule has 7 nitrogen and oxygen atoms in total. The molecule has 0 bridgehead atoms. The van der Waals surface area contributed by atoms with Crippen molar-refractivity contribution in [2.45, 2.75) is 25.9 Å². The largest absolute Gasteiger partial charge is 0.351 e. The van der Waals surface area contributed by atoms with Gasteiger partial charge < -0.3 is 14.8 Å². The Morgan fingerprint density at radius 2 is 1.71 bits per heavy atom. The van der Waals surface area contributed by atoms with E-state index in [1.165, 1.54) is 12.1 Å². The number of hydrogen-bond acceptors (Lipinski definition) is 4. The average molecular weight is 470 g/mol. The Hall–Kier alpha value is -4.04. The van der Waals surface area contributed by atoms with Crippen LogP contribution < -0.4 is 10.2 Å². The number of anilines is 1. The van der Waals surface area contributed by atoms with Gasteiger partial charge in [-0.15, -0.1) is 0 Å². The lowest BCUT2D eigenvalue weighted by Crippen LogP contribution is -2.30. The topological polar surface area (TPSA) is 76.2 Å². The molecule has 0 saturated carbocycles. The lowest BCUT2D eigenvalue weighted by Gasteiger charge is -2.29. The molecule has 1 aliphatic rings. The highest BCUT2D eigenvalue weighted by atomic mass is 32.1. The number of thiocarbonyl (C=S) groups is 1. The Balaban J connectivity index is 1.66. The molecule has 5 rings (SSSR count). The molecule has 1 fully saturated rings. The fraction of sp³-hybridized carbons (Fsp3) is 0.154. The molecule has 1 N–H and O–H groups in total. The van der Waals surface area contributed by atoms with Crippen molar-refractivity contribution in [2.75, 3.05) is 4.90 Å². The molecule has 34 heavy (non-hydrogen) atoms. The van der Waals surface area contributed by atoms with Crippen molar-refractivity contribution < 1.29 is 4.92 Å². The fourth-order valence-electron chi connectivity index (χ4n) is 4.63. The van der Waals surface area contributed by atoms with Crippen LogP contribution in [0.5, 0.6) is 0 Å². The second-order valence-corrected chi connectivity index (χ2v) is 8.81. The fourth-order valence-corrected chi connectivity index (χ4v) is 4.97. The van der Waals surface area contributed by atoms with E-state index in [1.807, 2.05) is 30.5 Å². The number of nitro groups is 1. The average Bonchev–Trinajstić information content (AvgIpc) is 3.43. The van der Waals surface area contributed by atoms with E-state index in [-0.39, 0.29) is 17.8 Å². The number of aromatic nitrogens is 2. The van der Waals surface area contributed by atoms with Gasteiger partial charge in [-0.3, -0.25) is 15.1 Å². The smallest absolute Gasteiger partial charge is 0.269 e. The summed E-state index contributed by atoms with van der Waals surface area (Å²) in [5.41, 5.74) is 6.10. The van der Waals surface area contributed by atoms with Gasteiger partial charge in [-0.25, -0.2) is 0 Å². The second kappa shape index (κ2) is 8.72. The Bertz CT molecular complexity index is 1350. The molecule has 0 aliphatic carbocycles. The summed E-state index contributed by atoms with van der Waals surface area (Å²) in [6, 6.07) is 22.5. The van der Waals surface area contributed by atoms with E-state index in [0.717, 1.165) is 33.9 Å². The van der Waals surface area contributed by atoms with Crippen molar-refractivity contribution in [3.05, 3.63) is 118 Å². The summed E-state index contributed by atoms with van der Waals surface area (Å²) in [4.78, 5) is 17.5. The van der Waals surface area contributed by atoms with Gasteiger partial charge in [0.1, 0.15) is 6.04 Å². The van der Waals surface area contributed by atoms with Crippen molar-refractivity contribution in [3.63, 3.8) is 0 Å². The summed E-state index contributed by atoms with van der Waals surface area (Å²) in [5.74, 6) is 0. The molecule has 170 valence electrons. The van der Waals surface area contributed by atoms with Crippen LogP contribution in [0.25, 0.3) is 5.69 Å². The first-order valence-corrected chi connectivity index (χ1v) is 11.3. The van der Waals surface area contributed by atoms with E-state index in [2.05, 4.69) is 57.9 Å². The zero-order chi connectivity index (χ0) is 23.8. The Morgan fingerprint density at radius 3 is 2.35 bits per heavy atom. The third-order valence-electron chi connectivity index (χ3n) is 6.00. The van der Waals surface area contributed by atoms with Gasteiger partial charge in [0.2, 0.25) is 0 Å². The van der Waals surface area contributed by atoms with Crippen LogP contribution in [0, 0.1) is 24.0 Å². The quantitative estimate of drug-likeness (QED) is 0.234. The van der Waals surface area contributed by atoms with Crippen LogP contribution in [0.3, 0.4) is 0 Å². The highest BCUT2D eigenvalue weighted by molar-refractivity contribution is 7.80. The molecule has 0 unspecified atom stereocenters. The molecule has 2 aromatic heterocycles. The van der Waals surface area contributed by atoms with Gasteiger partial charge in [-0.2, -0.15) is 0 Å². The van der Waals surface area contributed by atoms with Crippen LogP contribution in [-0.2, 0) is 0 Å². The Morgan fingerprint density at radius 1 is 0.971 bits per heavy atom. The monoisotopic (exact) mass is 469 g/mol. The molecular weight excluding hydrogens is 446 g/mol. The first-order valence-electron chi connectivity index (χ1n) is 10.9. The third kappa shape index (κ3) is 3.92. The summed E-state index contributed by atoms with van der Waals surface area (Å²) >= 11 is 5.85. The van der Waals surface area contributed by atoms with Gasteiger partial charge >= 0.3 is 0 Å². The van der Waals surface area contributed by atoms with Gasteiger partial charge in [0.15, 0.2) is 5.11 Å². The van der Waals surface area contributed by atoms with Gasteiger partial charge in [-0.1, -0.05) is 12.1 Å². The minimum Gasteiger partial charge on any atom is -0.351 e. The Kier molecular flexibility index (Phi) is 5.59. The number of nitro benzene ring substituents is 1. The first kappa shape index (κ1) is 21.8. The molecule has 2 aromatic carbocycles. The molecule has 1 saturated heterocycles. The van der Waals surface area contributed by atoms with Crippen LogP contribution in [0.2, 0.25) is 0 Å². The molecule has 4 aromatic rings. The summed E-state index contributed by atoms with van der Waals surface area (Å²) in [7, 11) is 0. The second-order valence-electron chi connectivity index (χ2n) is 8.42. The highest BCUT2D eigenvalue weighted by Crippen LogP contribution is 2.42. The van der Waals surface area contributed by atoms with Crippen LogP contribution in [0.4, 0.5) is 11.4 Å². The van der Waals surface area contributed by atoms with Crippen LogP contribution in [-0.4, -0.2) is 19.6 Å². The predicted octanol–water partition coefficient (Wildman–Crippen LogP) is 5.57. The SMILES string of the molecule is Cc1cc(C)cc(N2C(=S)N[C@H](c3ccccn3)[C@@H]2c2cccn2-c2ccc([N+](=O)[O-])cc2)c1. The summed E-state index contributed by atoms with van der Waals surface area (Å²) < 4.78 is 2.05. The van der Waals surface area contributed by atoms with E-state index in [1.54, 1.807) is 18.3 Å². The van der Waals surface area contributed by atoms with E-state index in [9.17, 15) is 10.1 Å². The van der Waals surface area contributed by atoms with Gasteiger partial charge in [0.05, 0.1) is 16.7 Å². The van der Waals surface area contributed by atoms with E-state index in [4.69, 9.17) is 12.2 Å². The van der Waals surface area contributed by atoms with Crippen LogP contribution >= 0.6 is 12.2 Å². The van der Waals surface area contributed by atoms with Crippen LogP contribution in [0.1, 0.15) is 34.6 Å². The molecule has 0 amide bonds. The molecule has 1 aliphatic heterocycles. The number of nitrogens with zero attached hydrogens (tertiary/aromatic N) is 4. The van der Waals surface area contributed by atoms with Crippen molar-refractivity contribution in [3.8, 4) is 5.69 Å². The minimum atomic E-state index is -0.390. The number of hydrogen-bond donors (Lipinski definition) is 1. The zero-order valence-corrected chi connectivity index (χ0v) is 19.6. The van der Waals surface area contributed by atoms with Crippen molar-refractivity contribution in [1.82, 2.24) is 14.9 Å². The van der Waals surface area contributed by atoms with Gasteiger partial charge in [-0.05, 0) is 85.7 Å². The molecule has 3 heterocycles. The first-order chi connectivity index (χ1) is 16.4. The normalized spacial score (nSPS) is 17.6. The van der Waals surface area contributed by atoms with Gasteiger partial charge in [0.25, 0.3) is 5.69 Å². The van der Waals surface area contributed by atoms with Crippen molar-refractivity contribution in [2.24, 2.45) is 0 Å². The van der Waals surface area contributed by atoms with E-state index in [0.29, 0.717) is 5.11 Å². The molecule has 0 radical (unpaired) electrons. The minimum absolute atomic E-state index is 0.0596. The molecule has 8 heteroatoms. The standard InChI is InChI=1S/C26H23N5O2S/c1-17-14-18(2)16-21(15-17)30-25(24(28-26(30)34)22-6-3-4-12-27-22)23-7-5-13-29(23)19-8-10-20(11-9-19)31(32)33/h3-16,24-25H,1-2H3,(H,28,34)/t24-,25+/m1/s1. The summed E-state index contributed by atoms with van der Waals surface area (Å²) in [6.45, 7) is 4.15. The molecular formula is C26H23N5O2S. The lowest BCUT2D eigenvalue weighted by molar-refractivity contribution is -0.384. The summed E-state index contributed by atoms with van der Waals surface area (Å²) in [5, 5.41) is 15.2. The number of non-ortho nitro benzene ring substituents is 1. The Labute approximate surface area is 202 Å². The van der Waals surface area contributed by atoms with Crippen molar-refractivity contribution in [1.29, 1.82) is 0 Å². The molecule has 0 spiro atoms.